The summed E-state index contributed by atoms with van der Waals surface area (Å²) in [5.41, 5.74) is 2.51. The molecule has 140 valence electrons. The molecule has 0 amide bonds. The molecule has 0 saturated heterocycles. The molecule has 7 heteroatoms. The summed E-state index contributed by atoms with van der Waals surface area (Å²) in [4.78, 5) is 15.5. The number of imidazole rings is 1. The maximum atomic E-state index is 11.7. The van der Waals surface area contributed by atoms with Gasteiger partial charge in [-0.2, -0.15) is 0 Å². The second-order valence-electron chi connectivity index (χ2n) is 6.10. The fraction of sp³-hybridized carbons (Fsp3) is 0.250. The summed E-state index contributed by atoms with van der Waals surface area (Å²) >= 11 is 0. The molecule has 1 heterocycles. The first kappa shape index (κ1) is 18.4. The average molecular weight is 367 g/mol. The largest absolute Gasteiger partial charge is 0.493 e. The molecule has 3 aromatic rings. The van der Waals surface area contributed by atoms with E-state index in [0.29, 0.717) is 23.7 Å². The second kappa shape index (κ2) is 7.90. The number of nitro groups is 1. The number of nitrogens with zero attached hydrogens (tertiary/aromatic N) is 3. The molecule has 0 aliphatic heterocycles. The lowest BCUT2D eigenvalue weighted by molar-refractivity contribution is -0.386. The zero-order valence-electron chi connectivity index (χ0n) is 15.5. The topological polar surface area (TPSA) is 79.4 Å². The Bertz CT molecular complexity index is 948. The smallest absolute Gasteiger partial charge is 0.315 e. The minimum Gasteiger partial charge on any atom is -0.493 e. The van der Waals surface area contributed by atoms with Crippen LogP contribution in [-0.2, 0) is 13.2 Å². The molecule has 0 aliphatic carbocycles. The van der Waals surface area contributed by atoms with E-state index in [-0.39, 0.29) is 18.0 Å². The summed E-state index contributed by atoms with van der Waals surface area (Å²) in [5.74, 6) is 1.06. The molecule has 0 fully saturated rings. The minimum atomic E-state index is -0.463. The molecule has 2 aromatic carbocycles. The first-order valence-corrected chi connectivity index (χ1v) is 8.59. The van der Waals surface area contributed by atoms with Crippen molar-refractivity contribution >= 4 is 5.69 Å². The molecule has 0 aliphatic rings. The molecule has 0 atom stereocenters. The number of hydrogen-bond acceptors (Lipinski definition) is 5. The van der Waals surface area contributed by atoms with Gasteiger partial charge in [0.15, 0.2) is 5.75 Å². The third kappa shape index (κ3) is 3.92. The normalized spacial score (nSPS) is 10.6. The molecule has 0 spiro atoms. The van der Waals surface area contributed by atoms with Gasteiger partial charge in [-0.15, -0.1) is 0 Å². The van der Waals surface area contributed by atoms with Crippen molar-refractivity contribution in [2.45, 2.75) is 27.0 Å². The number of benzene rings is 2. The molecule has 0 N–H and O–H groups in total. The van der Waals surface area contributed by atoms with Crippen LogP contribution in [0.1, 0.15) is 18.1 Å². The van der Waals surface area contributed by atoms with E-state index in [2.05, 4.69) is 4.98 Å². The van der Waals surface area contributed by atoms with Gasteiger partial charge in [-0.1, -0.05) is 29.8 Å². The fourth-order valence-electron chi connectivity index (χ4n) is 2.81. The highest BCUT2D eigenvalue weighted by molar-refractivity contribution is 5.69. The van der Waals surface area contributed by atoms with E-state index in [0.717, 1.165) is 11.1 Å². The minimum absolute atomic E-state index is 0.112. The lowest BCUT2D eigenvalue weighted by Crippen LogP contribution is -2.03. The number of aryl methyl sites for hydroxylation is 2. The van der Waals surface area contributed by atoms with Crippen LogP contribution in [-0.4, -0.2) is 21.6 Å². The average Bonchev–Trinajstić information content (AvgIpc) is 3.15. The van der Waals surface area contributed by atoms with Gasteiger partial charge < -0.3 is 14.0 Å². The van der Waals surface area contributed by atoms with E-state index < -0.39 is 4.92 Å². The van der Waals surface area contributed by atoms with E-state index in [1.807, 2.05) is 48.9 Å². The highest BCUT2D eigenvalue weighted by Gasteiger charge is 2.24. The van der Waals surface area contributed by atoms with Gasteiger partial charge in [-0.25, -0.2) is 4.98 Å². The van der Waals surface area contributed by atoms with Crippen LogP contribution in [0.15, 0.2) is 48.8 Å². The van der Waals surface area contributed by atoms with Crippen LogP contribution in [0.3, 0.4) is 0 Å². The molecule has 0 saturated carbocycles. The number of nitro benzene ring substituents is 1. The van der Waals surface area contributed by atoms with Gasteiger partial charge in [0.2, 0.25) is 5.75 Å². The molecule has 0 radical (unpaired) electrons. The van der Waals surface area contributed by atoms with Crippen molar-refractivity contribution in [1.29, 1.82) is 0 Å². The molecule has 0 unspecified atom stereocenters. The number of ether oxygens (including phenoxy) is 2. The van der Waals surface area contributed by atoms with E-state index in [1.165, 1.54) is 13.2 Å². The van der Waals surface area contributed by atoms with Crippen LogP contribution in [0.2, 0.25) is 0 Å². The number of aromatic nitrogens is 2. The van der Waals surface area contributed by atoms with Gasteiger partial charge in [0.25, 0.3) is 0 Å². The molecular weight excluding hydrogens is 346 g/mol. The zero-order valence-corrected chi connectivity index (χ0v) is 15.5. The summed E-state index contributed by atoms with van der Waals surface area (Å²) in [6, 6.07) is 11.0. The predicted molar refractivity (Wildman–Crippen MR) is 102 cm³/mol. The summed E-state index contributed by atoms with van der Waals surface area (Å²) < 4.78 is 13.1. The first-order valence-electron chi connectivity index (χ1n) is 8.59. The van der Waals surface area contributed by atoms with Crippen molar-refractivity contribution in [2.24, 2.45) is 0 Å². The molecule has 27 heavy (non-hydrogen) atoms. The van der Waals surface area contributed by atoms with Gasteiger partial charge in [0.1, 0.15) is 12.4 Å². The Balaban J connectivity index is 1.99. The molecule has 0 bridgehead atoms. The maximum absolute atomic E-state index is 11.7. The van der Waals surface area contributed by atoms with Crippen LogP contribution < -0.4 is 9.47 Å². The lowest BCUT2D eigenvalue weighted by Gasteiger charge is -2.13. The Morgan fingerprint density at radius 1 is 1.22 bits per heavy atom. The molecule has 3 rings (SSSR count). The Kier molecular flexibility index (Phi) is 5.40. The summed E-state index contributed by atoms with van der Waals surface area (Å²) in [6.45, 7) is 4.89. The standard InChI is InChI=1S/C20H21N3O4/c1-4-22-10-9-21-20(22)16-11-17(23(24)25)19(18(12-16)26-3)27-13-15-7-5-14(2)6-8-15/h5-12H,4,13H2,1-3H3. The number of rotatable bonds is 7. The maximum Gasteiger partial charge on any atom is 0.315 e. The lowest BCUT2D eigenvalue weighted by atomic mass is 10.1. The van der Waals surface area contributed by atoms with Crippen LogP contribution in [0.5, 0.6) is 11.5 Å². The van der Waals surface area contributed by atoms with Crippen molar-refractivity contribution < 1.29 is 14.4 Å². The van der Waals surface area contributed by atoms with Gasteiger partial charge >= 0.3 is 5.69 Å². The fourth-order valence-corrected chi connectivity index (χ4v) is 2.81. The Labute approximate surface area is 157 Å². The van der Waals surface area contributed by atoms with Crippen molar-refractivity contribution in [1.82, 2.24) is 9.55 Å². The highest BCUT2D eigenvalue weighted by atomic mass is 16.6. The number of hydrogen-bond donors (Lipinski definition) is 0. The van der Waals surface area contributed by atoms with Crippen LogP contribution in [0.4, 0.5) is 5.69 Å². The molecule has 1 aromatic heterocycles. The number of methoxy groups -OCH3 is 1. The van der Waals surface area contributed by atoms with Crippen LogP contribution in [0, 0.1) is 17.0 Å². The van der Waals surface area contributed by atoms with Gasteiger partial charge in [-0.05, 0) is 25.5 Å². The van der Waals surface area contributed by atoms with Crippen molar-refractivity contribution in [2.75, 3.05) is 7.11 Å². The van der Waals surface area contributed by atoms with Crippen molar-refractivity contribution in [3.8, 4) is 22.9 Å². The monoisotopic (exact) mass is 367 g/mol. The SMILES string of the molecule is CCn1ccnc1-c1cc(OC)c(OCc2ccc(C)cc2)c([N+](=O)[O-])c1. The van der Waals surface area contributed by atoms with Gasteiger partial charge in [0.05, 0.1) is 12.0 Å². The third-order valence-corrected chi connectivity index (χ3v) is 4.27. The van der Waals surface area contributed by atoms with Gasteiger partial charge in [-0.3, -0.25) is 10.1 Å². The molecule has 7 nitrogen and oxygen atoms in total. The molecular formula is C20H21N3O4. The summed E-state index contributed by atoms with van der Waals surface area (Å²) in [7, 11) is 1.47. The summed E-state index contributed by atoms with van der Waals surface area (Å²) in [6.07, 6.45) is 3.49. The quantitative estimate of drug-likeness (QED) is 0.457. The van der Waals surface area contributed by atoms with E-state index in [4.69, 9.17) is 9.47 Å². The Morgan fingerprint density at radius 3 is 2.59 bits per heavy atom. The van der Waals surface area contributed by atoms with E-state index in [1.54, 1.807) is 12.3 Å². The van der Waals surface area contributed by atoms with Crippen LogP contribution in [0.25, 0.3) is 11.4 Å². The third-order valence-electron chi connectivity index (χ3n) is 4.27. The Morgan fingerprint density at radius 2 is 1.96 bits per heavy atom. The van der Waals surface area contributed by atoms with E-state index in [9.17, 15) is 10.1 Å². The Hall–Kier alpha value is -3.35. The summed E-state index contributed by atoms with van der Waals surface area (Å²) in [5, 5.41) is 11.7. The first-order chi connectivity index (χ1) is 13.0. The predicted octanol–water partition coefficient (Wildman–Crippen LogP) is 4.37. The highest BCUT2D eigenvalue weighted by Crippen LogP contribution is 2.41. The van der Waals surface area contributed by atoms with Crippen molar-refractivity contribution in [3.63, 3.8) is 0 Å². The zero-order chi connectivity index (χ0) is 19.4. The second-order valence-corrected chi connectivity index (χ2v) is 6.10. The van der Waals surface area contributed by atoms with E-state index >= 15 is 0 Å². The van der Waals surface area contributed by atoms with Gasteiger partial charge in [0, 0.05) is 30.6 Å². The van der Waals surface area contributed by atoms with Crippen molar-refractivity contribution in [3.05, 3.63) is 70.0 Å². The van der Waals surface area contributed by atoms with Crippen LogP contribution >= 0.6 is 0 Å².